The zero-order chi connectivity index (χ0) is 18.1. The summed E-state index contributed by atoms with van der Waals surface area (Å²) in [6.45, 7) is 2.50. The van der Waals surface area contributed by atoms with Gasteiger partial charge < -0.3 is 16.0 Å². The number of aromatic nitrogens is 3. The van der Waals surface area contributed by atoms with Crippen LogP contribution in [0.15, 0.2) is 36.7 Å². The van der Waals surface area contributed by atoms with E-state index in [-0.39, 0.29) is 17.9 Å². The van der Waals surface area contributed by atoms with Gasteiger partial charge in [0.05, 0.1) is 12.2 Å². The highest BCUT2D eigenvalue weighted by molar-refractivity contribution is 5.93. The van der Waals surface area contributed by atoms with Gasteiger partial charge in [0.25, 0.3) is 0 Å². The third-order valence-electron chi connectivity index (χ3n) is 4.46. The van der Waals surface area contributed by atoms with E-state index in [1.165, 1.54) is 6.07 Å². The van der Waals surface area contributed by atoms with Crippen LogP contribution in [-0.4, -0.2) is 27.2 Å². The highest BCUT2D eigenvalue weighted by atomic mass is 19.1. The number of rotatable bonds is 0. The van der Waals surface area contributed by atoms with Crippen LogP contribution in [0, 0.1) is 5.82 Å². The molecule has 0 spiro atoms. The van der Waals surface area contributed by atoms with Gasteiger partial charge in [-0.2, -0.15) is 5.10 Å². The molecule has 2 aromatic heterocycles. The SMILES string of the molecule is CC1Nc2ccn3ncc(c3n2)NC(=O)NCCCc2ccc(F)cc21. The number of nitrogens with one attached hydrogen (secondary N) is 3. The Labute approximate surface area is 149 Å². The molecule has 3 aromatic rings. The Bertz CT molecular complexity index is 969. The van der Waals surface area contributed by atoms with Crippen LogP contribution in [0.1, 0.15) is 30.5 Å². The average Bonchev–Trinajstić information content (AvgIpc) is 3.01. The molecule has 0 saturated carbocycles. The number of hydrogen-bond acceptors (Lipinski definition) is 4. The lowest BCUT2D eigenvalue weighted by Crippen LogP contribution is -2.30. The largest absolute Gasteiger partial charge is 0.363 e. The second kappa shape index (κ2) is 6.62. The predicted octanol–water partition coefficient (Wildman–Crippen LogP) is 3.11. The molecule has 0 fully saturated rings. The minimum Gasteiger partial charge on any atom is -0.363 e. The van der Waals surface area contributed by atoms with Crippen molar-refractivity contribution in [2.75, 3.05) is 17.2 Å². The van der Waals surface area contributed by atoms with Crippen molar-refractivity contribution in [3.05, 3.63) is 53.6 Å². The summed E-state index contributed by atoms with van der Waals surface area (Å²) in [5.74, 6) is 0.360. The number of anilines is 2. The molecule has 3 N–H and O–H groups in total. The van der Waals surface area contributed by atoms with Gasteiger partial charge in [0.2, 0.25) is 0 Å². The predicted molar refractivity (Wildman–Crippen MR) is 96.8 cm³/mol. The molecule has 0 saturated heterocycles. The molecule has 1 aliphatic rings. The fourth-order valence-electron chi connectivity index (χ4n) is 3.18. The van der Waals surface area contributed by atoms with Crippen molar-refractivity contribution >= 4 is 23.2 Å². The van der Waals surface area contributed by atoms with Crippen molar-refractivity contribution in [2.24, 2.45) is 0 Å². The maximum atomic E-state index is 13.8. The normalized spacial score (nSPS) is 17.8. The molecular formula is C18H19FN6O. The summed E-state index contributed by atoms with van der Waals surface area (Å²) in [7, 11) is 0. The van der Waals surface area contributed by atoms with Crippen molar-refractivity contribution in [3.63, 3.8) is 0 Å². The fourth-order valence-corrected chi connectivity index (χ4v) is 3.18. The van der Waals surface area contributed by atoms with E-state index >= 15 is 0 Å². The highest BCUT2D eigenvalue weighted by Crippen LogP contribution is 2.25. The third-order valence-corrected chi connectivity index (χ3v) is 4.46. The van der Waals surface area contributed by atoms with Crippen LogP contribution in [0.2, 0.25) is 0 Å². The van der Waals surface area contributed by atoms with Crippen LogP contribution < -0.4 is 16.0 Å². The van der Waals surface area contributed by atoms with E-state index in [0.29, 0.717) is 23.7 Å². The highest BCUT2D eigenvalue weighted by Gasteiger charge is 2.15. The van der Waals surface area contributed by atoms with Gasteiger partial charge in [-0.1, -0.05) is 6.07 Å². The molecule has 2 bridgehead atoms. The number of carbonyl (C=O) groups excluding carboxylic acids is 1. The standard InChI is InChI=1S/C18H19FN6O/c1-11-14-9-13(19)5-4-12(14)3-2-7-20-18(26)23-15-10-21-25-8-6-16(22-11)24-17(15)25/h4-6,8-11H,2-3,7H2,1H3,(H,22,24)(H2,20,23,26). The van der Waals surface area contributed by atoms with Crippen LogP contribution in [0.5, 0.6) is 0 Å². The molecule has 2 amide bonds. The zero-order valence-electron chi connectivity index (χ0n) is 14.3. The summed E-state index contributed by atoms with van der Waals surface area (Å²) < 4.78 is 15.4. The molecule has 4 rings (SSSR count). The van der Waals surface area contributed by atoms with Crippen LogP contribution >= 0.6 is 0 Å². The van der Waals surface area contributed by atoms with E-state index in [0.717, 1.165) is 24.0 Å². The molecule has 134 valence electrons. The second-order valence-electron chi connectivity index (χ2n) is 6.33. The zero-order valence-corrected chi connectivity index (χ0v) is 14.3. The number of nitrogens with zero attached hydrogens (tertiary/aromatic N) is 3. The van der Waals surface area contributed by atoms with Crippen LogP contribution in [0.3, 0.4) is 0 Å². The van der Waals surface area contributed by atoms with Crippen molar-refractivity contribution < 1.29 is 9.18 Å². The molecule has 1 unspecified atom stereocenters. The summed E-state index contributed by atoms with van der Waals surface area (Å²) in [6.07, 6.45) is 4.82. The molecule has 1 aliphatic heterocycles. The van der Waals surface area contributed by atoms with Crippen LogP contribution in [-0.2, 0) is 6.42 Å². The van der Waals surface area contributed by atoms with Gasteiger partial charge in [-0.05, 0) is 49.1 Å². The van der Waals surface area contributed by atoms with Gasteiger partial charge in [-0.3, -0.25) is 0 Å². The van der Waals surface area contributed by atoms with Crippen LogP contribution in [0.4, 0.5) is 20.7 Å². The molecule has 3 heterocycles. The number of halogens is 1. The first kappa shape index (κ1) is 16.3. The number of fused-ring (bicyclic) bond motifs is 2. The number of carbonyl (C=O) groups is 1. The molecule has 26 heavy (non-hydrogen) atoms. The van der Waals surface area contributed by atoms with Gasteiger partial charge in [0, 0.05) is 12.7 Å². The van der Waals surface area contributed by atoms with Gasteiger partial charge in [-0.15, -0.1) is 0 Å². The molecule has 0 radical (unpaired) electrons. The summed E-state index contributed by atoms with van der Waals surface area (Å²) in [5.41, 5.74) is 3.01. The van der Waals surface area contributed by atoms with E-state index in [2.05, 4.69) is 26.0 Å². The minimum atomic E-state index is -0.301. The van der Waals surface area contributed by atoms with Crippen molar-refractivity contribution in [1.29, 1.82) is 0 Å². The monoisotopic (exact) mass is 354 g/mol. The summed E-state index contributed by atoms with van der Waals surface area (Å²) in [4.78, 5) is 16.6. The quantitative estimate of drug-likeness (QED) is 0.579. The Morgan fingerprint density at radius 2 is 2.19 bits per heavy atom. The fraction of sp³-hybridized carbons (Fsp3) is 0.278. The Morgan fingerprint density at radius 3 is 3.08 bits per heavy atom. The first-order chi connectivity index (χ1) is 12.6. The molecule has 0 aliphatic carbocycles. The Morgan fingerprint density at radius 1 is 1.31 bits per heavy atom. The van der Waals surface area contributed by atoms with E-state index in [1.807, 2.05) is 6.92 Å². The maximum Gasteiger partial charge on any atom is 0.319 e. The van der Waals surface area contributed by atoms with Crippen molar-refractivity contribution in [3.8, 4) is 0 Å². The topological polar surface area (TPSA) is 83.3 Å². The Balaban J connectivity index is 1.76. The van der Waals surface area contributed by atoms with E-state index < -0.39 is 0 Å². The van der Waals surface area contributed by atoms with Crippen LogP contribution in [0.25, 0.3) is 5.65 Å². The van der Waals surface area contributed by atoms with Crippen molar-refractivity contribution in [1.82, 2.24) is 19.9 Å². The maximum absolute atomic E-state index is 13.8. The summed E-state index contributed by atoms with van der Waals surface area (Å²) in [6, 6.07) is 6.21. The molecular weight excluding hydrogens is 335 g/mol. The van der Waals surface area contributed by atoms with E-state index in [1.54, 1.807) is 35.1 Å². The number of urea groups is 1. The second-order valence-corrected chi connectivity index (χ2v) is 6.33. The van der Waals surface area contributed by atoms with Gasteiger partial charge >= 0.3 is 6.03 Å². The van der Waals surface area contributed by atoms with E-state index in [9.17, 15) is 9.18 Å². The number of amides is 2. The lowest BCUT2D eigenvalue weighted by atomic mass is 9.97. The van der Waals surface area contributed by atoms with Crippen molar-refractivity contribution in [2.45, 2.75) is 25.8 Å². The number of benzene rings is 1. The average molecular weight is 354 g/mol. The lowest BCUT2D eigenvalue weighted by molar-refractivity contribution is 0.252. The summed E-state index contributed by atoms with van der Waals surface area (Å²) in [5, 5.41) is 13.1. The molecule has 7 nitrogen and oxygen atoms in total. The van der Waals surface area contributed by atoms with Gasteiger partial charge in [0.1, 0.15) is 17.3 Å². The molecule has 8 heteroatoms. The number of hydrogen-bond donors (Lipinski definition) is 3. The summed E-state index contributed by atoms with van der Waals surface area (Å²) >= 11 is 0. The lowest BCUT2D eigenvalue weighted by Gasteiger charge is -2.19. The molecule has 1 aromatic carbocycles. The Kier molecular flexibility index (Phi) is 4.16. The van der Waals surface area contributed by atoms with E-state index in [4.69, 9.17) is 0 Å². The van der Waals surface area contributed by atoms with Gasteiger partial charge in [-0.25, -0.2) is 18.7 Å². The first-order valence-corrected chi connectivity index (χ1v) is 8.54. The smallest absolute Gasteiger partial charge is 0.319 e. The van der Waals surface area contributed by atoms with Gasteiger partial charge in [0.15, 0.2) is 5.65 Å². The molecule has 1 atom stereocenters. The third kappa shape index (κ3) is 3.17. The number of aryl methyl sites for hydroxylation is 1. The Hall–Kier alpha value is -3.16. The first-order valence-electron chi connectivity index (χ1n) is 8.54. The minimum absolute atomic E-state index is 0.118.